The van der Waals surface area contributed by atoms with Crippen molar-refractivity contribution in [2.24, 2.45) is 0 Å². The Bertz CT molecular complexity index is 1180. The highest BCUT2D eigenvalue weighted by Crippen LogP contribution is 2.30. The molecular weight excluding hydrogens is 405 g/mol. The number of amides is 2. The summed E-state index contributed by atoms with van der Waals surface area (Å²) in [7, 11) is 0. The summed E-state index contributed by atoms with van der Waals surface area (Å²) in [6, 6.07) is 6.72. The number of furan rings is 1. The van der Waals surface area contributed by atoms with Gasteiger partial charge in [0.05, 0.1) is 23.1 Å². The largest absolute Gasteiger partial charge is 0.469 e. The van der Waals surface area contributed by atoms with Crippen LogP contribution in [0.3, 0.4) is 0 Å². The number of nitrogens with one attached hydrogen (secondary N) is 2. The summed E-state index contributed by atoms with van der Waals surface area (Å²) in [5.74, 6) is -1.39. The highest BCUT2D eigenvalue weighted by atomic mass is 19.4. The van der Waals surface area contributed by atoms with E-state index in [2.05, 4.69) is 16.0 Å². The minimum atomic E-state index is -4.57. The van der Waals surface area contributed by atoms with Crippen LogP contribution in [-0.4, -0.2) is 21.6 Å². The Kier molecular flexibility index (Phi) is 5.45. The van der Waals surface area contributed by atoms with E-state index in [0.717, 1.165) is 22.9 Å². The molecule has 0 unspecified atom stereocenters. The van der Waals surface area contributed by atoms with Crippen LogP contribution in [0.4, 0.5) is 13.2 Å². The molecule has 0 aliphatic carbocycles. The second-order valence-electron chi connectivity index (χ2n) is 6.26. The van der Waals surface area contributed by atoms with Gasteiger partial charge in [0.25, 0.3) is 11.8 Å². The summed E-state index contributed by atoms with van der Waals surface area (Å²) in [6.07, 6.45) is -3.28. The van der Waals surface area contributed by atoms with Gasteiger partial charge in [0.15, 0.2) is 5.69 Å². The van der Waals surface area contributed by atoms with Gasteiger partial charge in [-0.25, -0.2) is 4.68 Å². The van der Waals surface area contributed by atoms with Crippen molar-refractivity contribution in [3.8, 4) is 5.69 Å². The average Bonchev–Trinajstić information content (AvgIpc) is 3.11. The van der Waals surface area contributed by atoms with Crippen LogP contribution >= 0.6 is 0 Å². The summed E-state index contributed by atoms with van der Waals surface area (Å²) in [4.78, 5) is 36.5. The van der Waals surface area contributed by atoms with Crippen molar-refractivity contribution in [1.29, 1.82) is 0 Å². The number of aryl methyl sites for hydroxylation is 2. The van der Waals surface area contributed by atoms with Crippen LogP contribution in [0.5, 0.6) is 0 Å². The summed E-state index contributed by atoms with van der Waals surface area (Å²) in [6.45, 7) is 3.01. The number of hydrazine groups is 1. The molecule has 3 rings (SSSR count). The predicted octanol–water partition coefficient (Wildman–Crippen LogP) is 2.54. The summed E-state index contributed by atoms with van der Waals surface area (Å²) in [5.41, 5.74) is 2.29. The van der Waals surface area contributed by atoms with E-state index in [0.29, 0.717) is 5.76 Å². The average molecular weight is 420 g/mol. The molecule has 0 aliphatic heterocycles. The fourth-order valence-electron chi connectivity index (χ4n) is 2.64. The first kappa shape index (κ1) is 20.8. The smallest absolute Gasteiger partial charge is 0.416 e. The van der Waals surface area contributed by atoms with Crippen molar-refractivity contribution < 1.29 is 27.2 Å². The topological polar surface area (TPSA) is 106 Å². The van der Waals surface area contributed by atoms with Crippen LogP contribution in [0.1, 0.15) is 37.9 Å². The molecule has 1 aromatic carbocycles. The molecule has 0 saturated carbocycles. The van der Waals surface area contributed by atoms with Crippen molar-refractivity contribution in [1.82, 2.24) is 20.6 Å². The van der Waals surface area contributed by atoms with Gasteiger partial charge in [-0.05, 0) is 38.1 Å². The zero-order valence-corrected chi connectivity index (χ0v) is 15.7. The molecule has 0 atom stereocenters. The van der Waals surface area contributed by atoms with Gasteiger partial charge in [0.1, 0.15) is 5.76 Å². The molecule has 0 spiro atoms. The third-order valence-corrected chi connectivity index (χ3v) is 4.13. The molecule has 2 amide bonds. The third-order valence-electron chi connectivity index (χ3n) is 4.13. The number of nitrogens with zero attached hydrogens (tertiary/aromatic N) is 2. The Balaban J connectivity index is 1.88. The maximum atomic E-state index is 13.0. The van der Waals surface area contributed by atoms with E-state index >= 15 is 0 Å². The number of halogens is 3. The Labute approximate surface area is 167 Å². The monoisotopic (exact) mass is 420 g/mol. The first-order chi connectivity index (χ1) is 14.1. The van der Waals surface area contributed by atoms with Gasteiger partial charge in [-0.15, -0.1) is 0 Å². The SMILES string of the molecule is Cc1occc1C(=O)NNC(=O)c1nn(-c2cccc(C(F)(F)F)c2)c(C)cc1=O. The summed E-state index contributed by atoms with van der Waals surface area (Å²) in [5, 5.41) is 3.88. The molecule has 0 bridgehead atoms. The Morgan fingerprint density at radius 2 is 1.77 bits per heavy atom. The molecular formula is C19H15F3N4O4. The predicted molar refractivity (Wildman–Crippen MR) is 98.0 cm³/mol. The van der Waals surface area contributed by atoms with E-state index in [4.69, 9.17) is 4.42 Å². The molecule has 30 heavy (non-hydrogen) atoms. The lowest BCUT2D eigenvalue weighted by molar-refractivity contribution is -0.137. The number of hydrogen-bond donors (Lipinski definition) is 2. The minimum Gasteiger partial charge on any atom is -0.469 e. The second-order valence-corrected chi connectivity index (χ2v) is 6.26. The van der Waals surface area contributed by atoms with Gasteiger partial charge in [-0.3, -0.25) is 25.2 Å². The molecule has 2 heterocycles. The van der Waals surface area contributed by atoms with Gasteiger partial charge in [0.2, 0.25) is 5.43 Å². The van der Waals surface area contributed by atoms with Crippen LogP contribution in [0.15, 0.2) is 51.9 Å². The van der Waals surface area contributed by atoms with Gasteiger partial charge in [-0.2, -0.15) is 18.3 Å². The molecule has 0 radical (unpaired) electrons. The molecule has 0 fully saturated rings. The van der Waals surface area contributed by atoms with Crippen LogP contribution in [0.2, 0.25) is 0 Å². The maximum absolute atomic E-state index is 13.0. The van der Waals surface area contributed by atoms with Gasteiger partial charge in [0, 0.05) is 11.8 Å². The number of carbonyl (C=O) groups is 2. The Morgan fingerprint density at radius 3 is 2.40 bits per heavy atom. The summed E-state index contributed by atoms with van der Waals surface area (Å²) >= 11 is 0. The van der Waals surface area contributed by atoms with E-state index in [9.17, 15) is 27.6 Å². The zero-order valence-electron chi connectivity index (χ0n) is 15.7. The Morgan fingerprint density at radius 1 is 1.07 bits per heavy atom. The molecule has 0 aliphatic rings. The maximum Gasteiger partial charge on any atom is 0.416 e. The Hall–Kier alpha value is -3.89. The van der Waals surface area contributed by atoms with Gasteiger partial charge < -0.3 is 4.42 Å². The molecule has 8 nitrogen and oxygen atoms in total. The normalized spacial score (nSPS) is 11.2. The van der Waals surface area contributed by atoms with E-state index in [1.54, 1.807) is 6.92 Å². The van der Waals surface area contributed by atoms with Crippen LogP contribution < -0.4 is 16.3 Å². The lowest BCUT2D eigenvalue weighted by Crippen LogP contribution is -2.44. The number of alkyl halides is 3. The lowest BCUT2D eigenvalue weighted by atomic mass is 10.2. The first-order valence-corrected chi connectivity index (χ1v) is 8.51. The molecule has 2 N–H and O–H groups in total. The molecule has 3 aromatic rings. The second kappa shape index (κ2) is 7.85. The molecule has 2 aromatic heterocycles. The van der Waals surface area contributed by atoms with Crippen molar-refractivity contribution in [2.45, 2.75) is 20.0 Å². The lowest BCUT2D eigenvalue weighted by Gasteiger charge is -2.13. The fraction of sp³-hybridized carbons (Fsp3) is 0.158. The van der Waals surface area contributed by atoms with E-state index in [-0.39, 0.29) is 16.9 Å². The fourth-order valence-corrected chi connectivity index (χ4v) is 2.64. The number of rotatable bonds is 3. The van der Waals surface area contributed by atoms with Crippen molar-refractivity contribution >= 4 is 11.8 Å². The van der Waals surface area contributed by atoms with E-state index < -0.39 is 34.7 Å². The van der Waals surface area contributed by atoms with Crippen molar-refractivity contribution in [3.63, 3.8) is 0 Å². The molecule has 0 saturated heterocycles. The van der Waals surface area contributed by atoms with E-state index in [1.807, 2.05) is 0 Å². The third kappa shape index (κ3) is 4.24. The zero-order chi connectivity index (χ0) is 22.1. The minimum absolute atomic E-state index is 0.00873. The van der Waals surface area contributed by atoms with Crippen molar-refractivity contribution in [3.05, 3.63) is 81.2 Å². The standard InChI is InChI=1S/C19H15F3N4O4/c1-10-8-15(27)16(18(29)24-23-17(28)14-6-7-30-11(14)2)25-26(10)13-5-3-4-12(9-13)19(20,21)22/h3-9H,1-2H3,(H,23,28)(H,24,29). The number of benzene rings is 1. The quantitative estimate of drug-likeness (QED) is 0.634. The first-order valence-electron chi connectivity index (χ1n) is 8.51. The summed E-state index contributed by atoms with van der Waals surface area (Å²) < 4.78 is 45.0. The van der Waals surface area contributed by atoms with E-state index in [1.165, 1.54) is 31.4 Å². The molecule has 11 heteroatoms. The van der Waals surface area contributed by atoms with Crippen molar-refractivity contribution in [2.75, 3.05) is 0 Å². The molecule has 156 valence electrons. The van der Waals surface area contributed by atoms with Crippen LogP contribution in [-0.2, 0) is 6.18 Å². The number of hydrogen-bond acceptors (Lipinski definition) is 5. The van der Waals surface area contributed by atoms with Crippen LogP contribution in [0, 0.1) is 13.8 Å². The van der Waals surface area contributed by atoms with Gasteiger partial charge >= 0.3 is 6.18 Å². The number of aromatic nitrogens is 2. The van der Waals surface area contributed by atoms with Gasteiger partial charge in [-0.1, -0.05) is 6.07 Å². The highest BCUT2D eigenvalue weighted by Gasteiger charge is 2.30. The highest BCUT2D eigenvalue weighted by molar-refractivity contribution is 5.98. The van der Waals surface area contributed by atoms with Crippen LogP contribution in [0.25, 0.3) is 5.69 Å². The number of carbonyl (C=O) groups excluding carboxylic acids is 2.